The number of hydrogen-bond acceptors (Lipinski definition) is 5. The summed E-state index contributed by atoms with van der Waals surface area (Å²) in [6.45, 7) is 4.83. The molecule has 2 N–H and O–H groups in total. The van der Waals surface area contributed by atoms with Gasteiger partial charge in [-0.2, -0.15) is 0 Å². The number of halogens is 3. The van der Waals surface area contributed by atoms with E-state index in [-0.39, 0.29) is 30.6 Å². The summed E-state index contributed by atoms with van der Waals surface area (Å²) in [5.74, 6) is 1.34. The minimum atomic E-state index is -0.178. The molecular formula is C20H28Cl2FN5. The SMILES string of the molecule is Cl.Cl.NC1CC(c2cc(N3CCCN(Cc4ccc(F)cc4)CC3)ncn2)C1. The molecule has 2 aromatic rings. The monoisotopic (exact) mass is 427 g/mol. The van der Waals surface area contributed by atoms with Crippen LogP contribution in [-0.4, -0.2) is 47.1 Å². The Labute approximate surface area is 178 Å². The Kier molecular flexibility index (Phi) is 8.43. The van der Waals surface area contributed by atoms with E-state index < -0.39 is 0 Å². The van der Waals surface area contributed by atoms with Gasteiger partial charge in [0.25, 0.3) is 0 Å². The normalized spacial score (nSPS) is 22.4. The molecule has 1 saturated carbocycles. The van der Waals surface area contributed by atoms with Crippen LogP contribution >= 0.6 is 24.8 Å². The fourth-order valence-corrected chi connectivity index (χ4v) is 3.87. The first-order valence-electron chi connectivity index (χ1n) is 9.46. The zero-order valence-corrected chi connectivity index (χ0v) is 17.5. The van der Waals surface area contributed by atoms with E-state index in [0.29, 0.717) is 12.0 Å². The number of nitrogens with zero attached hydrogens (tertiary/aromatic N) is 4. The summed E-state index contributed by atoms with van der Waals surface area (Å²) in [5, 5.41) is 0. The Bertz CT molecular complexity index is 740. The number of aromatic nitrogens is 2. The third kappa shape index (κ3) is 5.54. The van der Waals surface area contributed by atoms with E-state index in [2.05, 4.69) is 25.8 Å². The highest BCUT2D eigenvalue weighted by molar-refractivity contribution is 5.85. The molecule has 1 aliphatic carbocycles. The van der Waals surface area contributed by atoms with Gasteiger partial charge in [0.15, 0.2) is 0 Å². The molecule has 1 aromatic heterocycles. The molecule has 0 unspecified atom stereocenters. The predicted molar refractivity (Wildman–Crippen MR) is 115 cm³/mol. The molecule has 0 radical (unpaired) electrons. The molecule has 8 heteroatoms. The lowest BCUT2D eigenvalue weighted by Gasteiger charge is -2.32. The van der Waals surface area contributed by atoms with Gasteiger partial charge in [-0.25, -0.2) is 14.4 Å². The first-order valence-corrected chi connectivity index (χ1v) is 9.46. The lowest BCUT2D eigenvalue weighted by molar-refractivity contribution is 0.285. The van der Waals surface area contributed by atoms with Crippen molar-refractivity contribution in [3.63, 3.8) is 0 Å². The number of rotatable bonds is 4. The third-order valence-electron chi connectivity index (χ3n) is 5.50. The van der Waals surface area contributed by atoms with Gasteiger partial charge < -0.3 is 10.6 Å². The van der Waals surface area contributed by atoms with Gasteiger partial charge in [0.2, 0.25) is 0 Å². The Hall–Kier alpha value is -1.47. The first kappa shape index (κ1) is 22.8. The van der Waals surface area contributed by atoms with Crippen molar-refractivity contribution in [2.24, 2.45) is 5.73 Å². The first-order chi connectivity index (χ1) is 12.7. The fraction of sp³-hybridized carbons (Fsp3) is 0.500. The van der Waals surface area contributed by atoms with Crippen LogP contribution in [0.25, 0.3) is 0 Å². The minimum Gasteiger partial charge on any atom is -0.355 e. The van der Waals surface area contributed by atoms with Crippen LogP contribution in [0.1, 0.15) is 36.4 Å². The van der Waals surface area contributed by atoms with Gasteiger partial charge >= 0.3 is 0 Å². The average Bonchev–Trinajstić information content (AvgIpc) is 2.87. The van der Waals surface area contributed by atoms with E-state index in [0.717, 1.165) is 69.1 Å². The van der Waals surface area contributed by atoms with E-state index >= 15 is 0 Å². The summed E-state index contributed by atoms with van der Waals surface area (Å²) in [6, 6.07) is 9.29. The van der Waals surface area contributed by atoms with Crippen LogP contribution in [0.4, 0.5) is 10.2 Å². The number of hydrogen-bond donors (Lipinski definition) is 1. The van der Waals surface area contributed by atoms with Gasteiger partial charge in [-0.1, -0.05) is 12.1 Å². The molecule has 0 bridgehead atoms. The maximum absolute atomic E-state index is 13.1. The number of nitrogens with two attached hydrogens (primary N) is 1. The van der Waals surface area contributed by atoms with Crippen LogP contribution in [0.3, 0.4) is 0 Å². The van der Waals surface area contributed by atoms with Crippen LogP contribution in [0.2, 0.25) is 0 Å². The molecule has 2 heterocycles. The predicted octanol–water partition coefficient (Wildman–Crippen LogP) is 3.38. The van der Waals surface area contributed by atoms with Crippen molar-refractivity contribution in [2.45, 2.75) is 37.8 Å². The highest BCUT2D eigenvalue weighted by Gasteiger charge is 2.29. The molecule has 4 rings (SSSR count). The molecular weight excluding hydrogens is 400 g/mol. The fourth-order valence-electron chi connectivity index (χ4n) is 3.87. The summed E-state index contributed by atoms with van der Waals surface area (Å²) < 4.78 is 13.1. The standard InChI is InChI=1S/C20H26FN5.2ClH/c21-17-4-2-15(3-5-17)13-25-6-1-7-26(9-8-25)20-12-19(23-14-24-20)16-10-18(22)11-16;;/h2-5,12,14,16,18H,1,6-11,13,22H2;2*1H. The summed E-state index contributed by atoms with van der Waals surface area (Å²) >= 11 is 0. The summed E-state index contributed by atoms with van der Waals surface area (Å²) in [5.41, 5.74) is 8.20. The van der Waals surface area contributed by atoms with E-state index in [1.807, 2.05) is 12.1 Å². The van der Waals surface area contributed by atoms with Gasteiger partial charge in [-0.15, -0.1) is 24.8 Å². The van der Waals surface area contributed by atoms with Gasteiger partial charge in [0.1, 0.15) is 18.0 Å². The largest absolute Gasteiger partial charge is 0.355 e. The summed E-state index contributed by atoms with van der Waals surface area (Å²) in [6.07, 6.45) is 4.84. The second-order valence-electron chi connectivity index (χ2n) is 7.47. The average molecular weight is 428 g/mol. The zero-order valence-electron chi connectivity index (χ0n) is 15.8. The van der Waals surface area contributed by atoms with Crippen LogP contribution in [-0.2, 0) is 6.54 Å². The van der Waals surface area contributed by atoms with Crippen molar-refractivity contribution >= 4 is 30.6 Å². The van der Waals surface area contributed by atoms with Crippen LogP contribution in [0.15, 0.2) is 36.7 Å². The maximum atomic E-state index is 13.1. The number of anilines is 1. The van der Waals surface area contributed by atoms with E-state index in [9.17, 15) is 4.39 Å². The molecule has 0 amide bonds. The topological polar surface area (TPSA) is 58.3 Å². The quantitative estimate of drug-likeness (QED) is 0.809. The van der Waals surface area contributed by atoms with E-state index in [4.69, 9.17) is 5.73 Å². The maximum Gasteiger partial charge on any atom is 0.132 e. The van der Waals surface area contributed by atoms with Gasteiger partial charge in [0.05, 0.1) is 0 Å². The van der Waals surface area contributed by atoms with Crippen molar-refractivity contribution in [1.29, 1.82) is 0 Å². The summed E-state index contributed by atoms with van der Waals surface area (Å²) in [7, 11) is 0. The highest BCUT2D eigenvalue weighted by atomic mass is 35.5. The van der Waals surface area contributed by atoms with E-state index in [1.165, 1.54) is 12.1 Å². The molecule has 5 nitrogen and oxygen atoms in total. The van der Waals surface area contributed by atoms with Gasteiger partial charge in [0, 0.05) is 56.4 Å². The molecule has 2 fully saturated rings. The Morgan fingerprint density at radius 1 is 1.00 bits per heavy atom. The van der Waals surface area contributed by atoms with Crippen molar-refractivity contribution in [2.75, 3.05) is 31.1 Å². The molecule has 1 aromatic carbocycles. The van der Waals surface area contributed by atoms with Gasteiger partial charge in [-0.05, 0) is 37.0 Å². The summed E-state index contributed by atoms with van der Waals surface area (Å²) in [4.78, 5) is 13.8. The lowest BCUT2D eigenvalue weighted by Crippen LogP contribution is -2.35. The third-order valence-corrected chi connectivity index (χ3v) is 5.50. The van der Waals surface area contributed by atoms with Crippen molar-refractivity contribution in [1.82, 2.24) is 14.9 Å². The highest BCUT2D eigenvalue weighted by Crippen LogP contribution is 2.35. The molecule has 1 aliphatic heterocycles. The van der Waals surface area contributed by atoms with Crippen LogP contribution in [0.5, 0.6) is 0 Å². The molecule has 1 saturated heterocycles. The van der Waals surface area contributed by atoms with Crippen LogP contribution in [0, 0.1) is 5.82 Å². The number of benzene rings is 1. The molecule has 2 aliphatic rings. The molecule has 0 atom stereocenters. The lowest BCUT2D eigenvalue weighted by atomic mass is 9.78. The zero-order chi connectivity index (χ0) is 17.9. The molecule has 0 spiro atoms. The molecule has 28 heavy (non-hydrogen) atoms. The van der Waals surface area contributed by atoms with Gasteiger partial charge in [-0.3, -0.25) is 4.90 Å². The Morgan fingerprint density at radius 2 is 1.75 bits per heavy atom. The second kappa shape index (κ2) is 10.3. The van der Waals surface area contributed by atoms with Crippen molar-refractivity contribution < 1.29 is 4.39 Å². The second-order valence-corrected chi connectivity index (χ2v) is 7.47. The van der Waals surface area contributed by atoms with E-state index in [1.54, 1.807) is 6.33 Å². The Balaban J connectivity index is 0.00000140. The Morgan fingerprint density at radius 3 is 2.46 bits per heavy atom. The van der Waals surface area contributed by atoms with Crippen LogP contribution < -0.4 is 10.6 Å². The van der Waals surface area contributed by atoms with Crippen molar-refractivity contribution in [3.8, 4) is 0 Å². The van der Waals surface area contributed by atoms with Crippen molar-refractivity contribution in [3.05, 3.63) is 53.7 Å². The minimum absolute atomic E-state index is 0. The molecule has 154 valence electrons. The smallest absolute Gasteiger partial charge is 0.132 e.